The second-order valence-corrected chi connectivity index (χ2v) is 4.36. The van der Waals surface area contributed by atoms with Crippen LogP contribution < -0.4 is 5.73 Å². The van der Waals surface area contributed by atoms with E-state index in [0.717, 1.165) is 12.8 Å². The Kier molecular flexibility index (Phi) is 3.37. The Hall–Kier alpha value is -0.770. The number of carbonyl (C=O) groups excluding carboxylic acids is 1. The highest BCUT2D eigenvalue weighted by atomic mass is 16.6. The molecule has 82 valence electrons. The number of rotatable bonds is 4. The zero-order valence-corrected chi connectivity index (χ0v) is 9.25. The normalized spacial score (nSPS) is 22.7. The molecule has 1 atom stereocenters. The van der Waals surface area contributed by atoms with Crippen molar-refractivity contribution in [3.8, 4) is 0 Å². The molecule has 1 aliphatic rings. The van der Waals surface area contributed by atoms with Gasteiger partial charge in [0.1, 0.15) is 6.10 Å². The molecule has 0 aliphatic carbocycles. The first-order valence-electron chi connectivity index (χ1n) is 5.19. The van der Waals surface area contributed by atoms with Gasteiger partial charge in [0.05, 0.1) is 6.54 Å². The van der Waals surface area contributed by atoms with Crippen molar-refractivity contribution < 1.29 is 9.53 Å². The highest BCUT2D eigenvalue weighted by molar-refractivity contribution is 5.70. The number of hydrogen-bond acceptors (Lipinski definition) is 3. The van der Waals surface area contributed by atoms with Crippen molar-refractivity contribution in [2.75, 3.05) is 13.1 Å². The first-order chi connectivity index (χ1) is 6.51. The first kappa shape index (κ1) is 11.3. The third kappa shape index (κ3) is 2.18. The quantitative estimate of drug-likeness (QED) is 0.745. The number of carbonyl (C=O) groups is 1. The summed E-state index contributed by atoms with van der Waals surface area (Å²) in [7, 11) is 0. The Balaban J connectivity index is 2.61. The number of cyclic esters (lactones) is 1. The van der Waals surface area contributed by atoms with Gasteiger partial charge in [-0.1, -0.05) is 6.92 Å². The van der Waals surface area contributed by atoms with Crippen LogP contribution in [0.4, 0.5) is 4.79 Å². The Labute approximate surface area is 85.4 Å². The van der Waals surface area contributed by atoms with Crippen LogP contribution in [0.3, 0.4) is 0 Å². The lowest BCUT2D eigenvalue weighted by molar-refractivity contribution is 0.114. The molecule has 1 amide bonds. The molecule has 4 nitrogen and oxygen atoms in total. The second-order valence-electron chi connectivity index (χ2n) is 4.36. The van der Waals surface area contributed by atoms with Crippen LogP contribution in [0.15, 0.2) is 0 Å². The molecule has 0 radical (unpaired) electrons. The van der Waals surface area contributed by atoms with Crippen LogP contribution >= 0.6 is 0 Å². The van der Waals surface area contributed by atoms with Gasteiger partial charge in [-0.25, -0.2) is 4.79 Å². The summed E-state index contributed by atoms with van der Waals surface area (Å²) < 4.78 is 5.21. The van der Waals surface area contributed by atoms with Gasteiger partial charge in [-0.3, -0.25) is 4.90 Å². The smallest absolute Gasteiger partial charge is 0.410 e. The van der Waals surface area contributed by atoms with Crippen LogP contribution in [-0.2, 0) is 4.74 Å². The van der Waals surface area contributed by atoms with E-state index in [9.17, 15) is 4.79 Å². The zero-order chi connectivity index (χ0) is 10.8. The Morgan fingerprint density at radius 2 is 2.29 bits per heavy atom. The number of amides is 1. The van der Waals surface area contributed by atoms with Crippen LogP contribution in [0.2, 0.25) is 0 Å². The van der Waals surface area contributed by atoms with Crippen LogP contribution in [0, 0.1) is 0 Å². The molecule has 0 aromatic rings. The lowest BCUT2D eigenvalue weighted by atomic mass is 9.99. The maximum Gasteiger partial charge on any atom is 0.410 e. The Morgan fingerprint density at radius 3 is 2.79 bits per heavy atom. The van der Waals surface area contributed by atoms with E-state index in [4.69, 9.17) is 10.5 Å². The number of hydrogen-bond donors (Lipinski definition) is 1. The van der Waals surface area contributed by atoms with Gasteiger partial charge in [0, 0.05) is 5.54 Å². The SMILES string of the molecule is CCC(C)(C)N1CC(CCN)OC1=O. The minimum absolute atomic E-state index is 0.0154. The van der Waals surface area contributed by atoms with Gasteiger partial charge >= 0.3 is 6.09 Å². The summed E-state index contributed by atoms with van der Waals surface area (Å²) >= 11 is 0. The molecule has 4 heteroatoms. The molecule has 14 heavy (non-hydrogen) atoms. The lowest BCUT2D eigenvalue weighted by Gasteiger charge is -2.32. The average molecular weight is 200 g/mol. The van der Waals surface area contributed by atoms with Crippen molar-refractivity contribution in [3.63, 3.8) is 0 Å². The molecule has 0 aromatic carbocycles. The standard InChI is InChI=1S/C10H20N2O2/c1-4-10(2,3)12-7-8(5-6-11)14-9(12)13/h8H,4-7,11H2,1-3H3. The molecule has 1 unspecified atom stereocenters. The summed E-state index contributed by atoms with van der Waals surface area (Å²) in [6.07, 6.45) is 1.47. The molecule has 1 rings (SSSR count). The summed E-state index contributed by atoms with van der Waals surface area (Å²) in [5.41, 5.74) is 5.32. The third-order valence-electron chi connectivity index (χ3n) is 2.96. The topological polar surface area (TPSA) is 55.6 Å². The molecule has 1 heterocycles. The van der Waals surface area contributed by atoms with E-state index >= 15 is 0 Å². The van der Waals surface area contributed by atoms with Crippen LogP contribution in [0.25, 0.3) is 0 Å². The monoisotopic (exact) mass is 200 g/mol. The predicted molar refractivity (Wildman–Crippen MR) is 55.0 cm³/mol. The average Bonchev–Trinajstić information content (AvgIpc) is 2.48. The van der Waals surface area contributed by atoms with Crippen molar-refractivity contribution >= 4 is 6.09 Å². The van der Waals surface area contributed by atoms with Crippen molar-refractivity contribution in [3.05, 3.63) is 0 Å². The molecular formula is C10H20N2O2. The molecule has 0 aromatic heterocycles. The molecule has 0 spiro atoms. The summed E-state index contributed by atoms with van der Waals surface area (Å²) in [5.74, 6) is 0. The van der Waals surface area contributed by atoms with Gasteiger partial charge in [-0.2, -0.15) is 0 Å². The van der Waals surface area contributed by atoms with E-state index in [0.29, 0.717) is 13.1 Å². The van der Waals surface area contributed by atoms with Gasteiger partial charge in [-0.05, 0) is 33.2 Å². The van der Waals surface area contributed by atoms with E-state index in [1.165, 1.54) is 0 Å². The van der Waals surface area contributed by atoms with E-state index in [2.05, 4.69) is 20.8 Å². The molecule has 2 N–H and O–H groups in total. The van der Waals surface area contributed by atoms with Crippen molar-refractivity contribution in [1.29, 1.82) is 0 Å². The maximum absolute atomic E-state index is 11.5. The molecule has 0 bridgehead atoms. The number of ether oxygens (including phenoxy) is 1. The molecular weight excluding hydrogens is 180 g/mol. The lowest BCUT2D eigenvalue weighted by Crippen LogP contribution is -2.44. The van der Waals surface area contributed by atoms with Gasteiger partial charge < -0.3 is 10.5 Å². The van der Waals surface area contributed by atoms with Crippen LogP contribution in [0.1, 0.15) is 33.6 Å². The van der Waals surface area contributed by atoms with E-state index < -0.39 is 0 Å². The van der Waals surface area contributed by atoms with E-state index in [-0.39, 0.29) is 17.7 Å². The Morgan fingerprint density at radius 1 is 1.64 bits per heavy atom. The third-order valence-corrected chi connectivity index (χ3v) is 2.96. The fourth-order valence-electron chi connectivity index (χ4n) is 1.54. The first-order valence-corrected chi connectivity index (χ1v) is 5.19. The van der Waals surface area contributed by atoms with Crippen molar-refractivity contribution in [2.45, 2.75) is 45.3 Å². The van der Waals surface area contributed by atoms with Gasteiger partial charge in [0.15, 0.2) is 0 Å². The van der Waals surface area contributed by atoms with E-state index in [1.807, 2.05) is 0 Å². The molecule has 1 fully saturated rings. The predicted octanol–water partition coefficient (Wildman–Crippen LogP) is 1.34. The van der Waals surface area contributed by atoms with E-state index in [1.54, 1.807) is 4.90 Å². The number of nitrogens with zero attached hydrogens (tertiary/aromatic N) is 1. The minimum atomic E-state index is -0.199. The van der Waals surface area contributed by atoms with Crippen LogP contribution in [-0.4, -0.2) is 35.7 Å². The molecule has 1 saturated heterocycles. The zero-order valence-electron chi connectivity index (χ0n) is 9.25. The fraction of sp³-hybridized carbons (Fsp3) is 0.900. The van der Waals surface area contributed by atoms with Gasteiger partial charge in [0.2, 0.25) is 0 Å². The van der Waals surface area contributed by atoms with Crippen molar-refractivity contribution in [1.82, 2.24) is 4.90 Å². The number of nitrogens with two attached hydrogens (primary N) is 1. The molecule has 1 aliphatic heterocycles. The largest absolute Gasteiger partial charge is 0.444 e. The summed E-state index contributed by atoms with van der Waals surface area (Å²) in [6.45, 7) is 7.43. The van der Waals surface area contributed by atoms with Gasteiger partial charge in [0.25, 0.3) is 0 Å². The highest BCUT2D eigenvalue weighted by Gasteiger charge is 2.38. The summed E-state index contributed by atoms with van der Waals surface area (Å²) in [6, 6.07) is 0. The minimum Gasteiger partial charge on any atom is -0.444 e. The second kappa shape index (κ2) is 4.17. The highest BCUT2D eigenvalue weighted by Crippen LogP contribution is 2.25. The summed E-state index contributed by atoms with van der Waals surface area (Å²) in [4.78, 5) is 13.3. The maximum atomic E-state index is 11.5. The summed E-state index contributed by atoms with van der Waals surface area (Å²) in [5, 5.41) is 0. The fourth-order valence-corrected chi connectivity index (χ4v) is 1.54. The Bertz CT molecular complexity index is 216. The van der Waals surface area contributed by atoms with Crippen LogP contribution in [0.5, 0.6) is 0 Å². The van der Waals surface area contributed by atoms with Gasteiger partial charge in [-0.15, -0.1) is 0 Å². The van der Waals surface area contributed by atoms with Crippen molar-refractivity contribution in [2.24, 2.45) is 5.73 Å². The molecule has 0 saturated carbocycles.